The molecule has 27 heavy (non-hydrogen) atoms. The quantitative estimate of drug-likeness (QED) is 0.678. The van der Waals surface area contributed by atoms with Crippen molar-refractivity contribution in [2.45, 2.75) is 32.8 Å². The monoisotopic (exact) mass is 438 g/mol. The summed E-state index contributed by atoms with van der Waals surface area (Å²) >= 11 is 3.49. The van der Waals surface area contributed by atoms with Gasteiger partial charge in [-0.15, -0.1) is 0 Å². The van der Waals surface area contributed by atoms with Crippen LogP contribution in [0.4, 0.5) is 16.3 Å². The van der Waals surface area contributed by atoms with Crippen LogP contribution >= 0.6 is 15.9 Å². The number of anilines is 2. The molecule has 0 N–H and O–H groups in total. The molecular weight excluding hydrogens is 412 g/mol. The number of amides is 2. The lowest BCUT2D eigenvalue weighted by Crippen LogP contribution is -2.50. The van der Waals surface area contributed by atoms with Gasteiger partial charge in [0, 0.05) is 50.7 Å². The zero-order chi connectivity index (χ0) is 19.6. The average molecular weight is 439 g/mol. The Hall–Kier alpha value is -1.83. The molecule has 0 radical (unpaired) electrons. The van der Waals surface area contributed by atoms with Crippen molar-refractivity contribution in [2.75, 3.05) is 47.9 Å². The molecule has 0 aliphatic carbocycles. The third kappa shape index (κ3) is 4.72. The number of alkyl halides is 1. The summed E-state index contributed by atoms with van der Waals surface area (Å²) in [6, 6.07) is 3.82. The number of piperazine rings is 1. The summed E-state index contributed by atoms with van der Waals surface area (Å²) < 4.78 is 5.46. The van der Waals surface area contributed by atoms with Crippen LogP contribution in [0.15, 0.2) is 18.3 Å². The van der Waals surface area contributed by atoms with E-state index >= 15 is 0 Å². The summed E-state index contributed by atoms with van der Waals surface area (Å²) in [5.74, 6) is 1.28. The SMILES string of the molecule is CC(C)(C)OC(=O)N1CCN(c2ncccc2N2CC(CBr)CC2=O)CC1. The number of pyridine rings is 1. The maximum absolute atomic E-state index is 12.4. The largest absolute Gasteiger partial charge is 0.444 e. The van der Waals surface area contributed by atoms with E-state index in [1.54, 1.807) is 11.1 Å². The Morgan fingerprint density at radius 2 is 2.00 bits per heavy atom. The molecule has 148 valence electrons. The van der Waals surface area contributed by atoms with Crippen molar-refractivity contribution in [3.8, 4) is 0 Å². The van der Waals surface area contributed by atoms with Crippen molar-refractivity contribution in [1.29, 1.82) is 0 Å². The summed E-state index contributed by atoms with van der Waals surface area (Å²) in [5, 5.41) is 0.819. The molecular formula is C19H27BrN4O3. The van der Waals surface area contributed by atoms with Crippen LogP contribution in [0.2, 0.25) is 0 Å². The van der Waals surface area contributed by atoms with E-state index in [2.05, 4.69) is 25.8 Å². The fourth-order valence-electron chi connectivity index (χ4n) is 3.39. The van der Waals surface area contributed by atoms with E-state index in [9.17, 15) is 9.59 Å². The van der Waals surface area contributed by atoms with Gasteiger partial charge in [0.1, 0.15) is 5.60 Å². The van der Waals surface area contributed by atoms with Crippen molar-refractivity contribution in [3.05, 3.63) is 18.3 Å². The molecule has 2 fully saturated rings. The Bertz CT molecular complexity index is 698. The first-order valence-corrected chi connectivity index (χ1v) is 10.4. The van der Waals surface area contributed by atoms with Gasteiger partial charge < -0.3 is 19.4 Å². The summed E-state index contributed by atoms with van der Waals surface area (Å²) in [7, 11) is 0. The lowest BCUT2D eigenvalue weighted by Gasteiger charge is -2.37. The zero-order valence-electron chi connectivity index (χ0n) is 16.2. The van der Waals surface area contributed by atoms with Gasteiger partial charge in [0.15, 0.2) is 5.82 Å². The van der Waals surface area contributed by atoms with E-state index in [-0.39, 0.29) is 12.0 Å². The smallest absolute Gasteiger partial charge is 0.410 e. The number of halogens is 1. The van der Waals surface area contributed by atoms with Crippen LogP contribution < -0.4 is 9.80 Å². The van der Waals surface area contributed by atoms with Gasteiger partial charge >= 0.3 is 6.09 Å². The molecule has 1 unspecified atom stereocenters. The van der Waals surface area contributed by atoms with Gasteiger partial charge in [-0.2, -0.15) is 0 Å². The summed E-state index contributed by atoms with van der Waals surface area (Å²) in [4.78, 5) is 35.0. The van der Waals surface area contributed by atoms with E-state index in [1.165, 1.54) is 0 Å². The normalized spacial score (nSPS) is 21.0. The van der Waals surface area contributed by atoms with Crippen molar-refractivity contribution in [2.24, 2.45) is 5.92 Å². The average Bonchev–Trinajstić information content (AvgIpc) is 3.01. The number of carbonyl (C=O) groups is 2. The highest BCUT2D eigenvalue weighted by molar-refractivity contribution is 9.09. The minimum absolute atomic E-state index is 0.140. The zero-order valence-corrected chi connectivity index (χ0v) is 17.7. The van der Waals surface area contributed by atoms with Crippen LogP contribution in [0.3, 0.4) is 0 Å². The second kappa shape index (κ2) is 8.04. The number of carbonyl (C=O) groups excluding carboxylic acids is 2. The molecule has 2 amide bonds. The molecule has 7 nitrogen and oxygen atoms in total. The number of hydrogen-bond donors (Lipinski definition) is 0. The molecule has 8 heteroatoms. The van der Waals surface area contributed by atoms with Gasteiger partial charge in [-0.1, -0.05) is 15.9 Å². The molecule has 0 spiro atoms. The lowest BCUT2D eigenvalue weighted by atomic mass is 10.2. The summed E-state index contributed by atoms with van der Waals surface area (Å²) in [5.41, 5.74) is 0.362. The third-order valence-electron chi connectivity index (χ3n) is 4.71. The first-order valence-electron chi connectivity index (χ1n) is 9.32. The number of aromatic nitrogens is 1. The third-order valence-corrected chi connectivity index (χ3v) is 5.63. The molecule has 0 bridgehead atoms. The fourth-order valence-corrected chi connectivity index (χ4v) is 3.82. The maximum atomic E-state index is 12.4. The second-order valence-electron chi connectivity index (χ2n) is 8.03. The lowest BCUT2D eigenvalue weighted by molar-refractivity contribution is -0.117. The van der Waals surface area contributed by atoms with E-state index in [0.717, 1.165) is 16.8 Å². The number of ether oxygens (including phenoxy) is 1. The Kier molecular flexibility index (Phi) is 5.93. The van der Waals surface area contributed by atoms with E-state index < -0.39 is 5.60 Å². The predicted octanol–water partition coefficient (Wildman–Crippen LogP) is 2.89. The van der Waals surface area contributed by atoms with Crippen LogP contribution in [-0.4, -0.2) is 65.5 Å². The van der Waals surface area contributed by atoms with Crippen molar-refractivity contribution >= 4 is 39.4 Å². The topological polar surface area (TPSA) is 66.0 Å². The minimum atomic E-state index is -0.496. The molecule has 3 heterocycles. The van der Waals surface area contributed by atoms with E-state index in [1.807, 2.05) is 37.8 Å². The standard InChI is InChI=1S/C19H27BrN4O3/c1-19(2,3)27-18(26)23-9-7-22(8-10-23)17-15(5-4-6-21-17)24-13-14(12-20)11-16(24)25/h4-6,14H,7-13H2,1-3H3. The van der Waals surface area contributed by atoms with Crippen LogP contribution in [0.5, 0.6) is 0 Å². The molecule has 0 saturated carbocycles. The van der Waals surface area contributed by atoms with Gasteiger partial charge in [0.25, 0.3) is 0 Å². The molecule has 2 aliphatic rings. The molecule has 1 atom stereocenters. The second-order valence-corrected chi connectivity index (χ2v) is 8.68. The van der Waals surface area contributed by atoms with Crippen molar-refractivity contribution in [3.63, 3.8) is 0 Å². The fraction of sp³-hybridized carbons (Fsp3) is 0.632. The first-order chi connectivity index (χ1) is 12.8. The predicted molar refractivity (Wildman–Crippen MR) is 109 cm³/mol. The molecule has 1 aromatic rings. The molecule has 2 aliphatic heterocycles. The molecule has 1 aromatic heterocycles. The van der Waals surface area contributed by atoms with E-state index in [4.69, 9.17) is 4.74 Å². The number of hydrogen-bond acceptors (Lipinski definition) is 5. The van der Waals surface area contributed by atoms with Gasteiger partial charge in [0.2, 0.25) is 5.91 Å². The van der Waals surface area contributed by atoms with Gasteiger partial charge in [-0.25, -0.2) is 9.78 Å². The molecule has 0 aromatic carbocycles. The Morgan fingerprint density at radius 1 is 1.30 bits per heavy atom. The highest BCUT2D eigenvalue weighted by Crippen LogP contribution is 2.33. The van der Waals surface area contributed by atoms with Crippen LogP contribution in [-0.2, 0) is 9.53 Å². The van der Waals surface area contributed by atoms with Gasteiger partial charge in [0.05, 0.1) is 5.69 Å². The highest BCUT2D eigenvalue weighted by atomic mass is 79.9. The molecule has 3 rings (SSSR count). The van der Waals surface area contributed by atoms with Crippen LogP contribution in [0.25, 0.3) is 0 Å². The van der Waals surface area contributed by atoms with E-state index in [0.29, 0.717) is 45.1 Å². The summed E-state index contributed by atoms with van der Waals surface area (Å²) in [6.45, 7) is 8.78. The maximum Gasteiger partial charge on any atom is 0.410 e. The van der Waals surface area contributed by atoms with Gasteiger partial charge in [-0.3, -0.25) is 4.79 Å². The van der Waals surface area contributed by atoms with Crippen LogP contribution in [0.1, 0.15) is 27.2 Å². The Balaban J connectivity index is 1.69. The van der Waals surface area contributed by atoms with Crippen LogP contribution in [0, 0.1) is 5.92 Å². The first kappa shape index (κ1) is 19.9. The van der Waals surface area contributed by atoms with Crippen molar-refractivity contribution < 1.29 is 14.3 Å². The highest BCUT2D eigenvalue weighted by Gasteiger charge is 2.33. The minimum Gasteiger partial charge on any atom is -0.444 e. The number of rotatable bonds is 3. The van der Waals surface area contributed by atoms with Crippen molar-refractivity contribution in [1.82, 2.24) is 9.88 Å². The molecule has 2 saturated heterocycles. The Morgan fingerprint density at radius 3 is 2.59 bits per heavy atom. The van der Waals surface area contributed by atoms with Gasteiger partial charge in [-0.05, 0) is 38.8 Å². The Labute approximate surface area is 168 Å². The summed E-state index contributed by atoms with van der Waals surface area (Å²) in [6.07, 6.45) is 2.03. The number of nitrogens with zero attached hydrogens (tertiary/aromatic N) is 4.